The molecule has 4 rings (SSSR count). The number of likely N-dealkylation sites (tertiary alicyclic amines) is 1. The molecule has 0 aliphatic carbocycles. The van der Waals surface area contributed by atoms with Gasteiger partial charge in [0.15, 0.2) is 0 Å². The predicted octanol–water partition coefficient (Wildman–Crippen LogP) is 5.06. The highest BCUT2D eigenvalue weighted by Gasteiger charge is 2.33. The van der Waals surface area contributed by atoms with E-state index in [4.69, 9.17) is 0 Å². The number of amides is 2. The van der Waals surface area contributed by atoms with Crippen molar-refractivity contribution in [3.8, 4) is 11.3 Å². The lowest BCUT2D eigenvalue weighted by Gasteiger charge is -2.35. The first kappa shape index (κ1) is 20.2. The van der Waals surface area contributed by atoms with Crippen molar-refractivity contribution < 1.29 is 9.59 Å². The number of rotatable bonds is 3. The Morgan fingerprint density at radius 3 is 2.63 bits per heavy atom. The summed E-state index contributed by atoms with van der Waals surface area (Å²) in [7, 11) is 0. The zero-order valence-electron chi connectivity index (χ0n) is 17.9. The lowest BCUT2D eigenvalue weighted by molar-refractivity contribution is -0.142. The van der Waals surface area contributed by atoms with Crippen LogP contribution in [0.5, 0.6) is 0 Å². The number of hydrogen-bond acceptors (Lipinski definition) is 2. The van der Waals surface area contributed by atoms with Gasteiger partial charge in [-0.05, 0) is 37.1 Å². The minimum absolute atomic E-state index is 0.0183. The van der Waals surface area contributed by atoms with Crippen LogP contribution in [0.3, 0.4) is 0 Å². The zero-order valence-corrected chi connectivity index (χ0v) is 17.9. The molecule has 30 heavy (non-hydrogen) atoms. The minimum Gasteiger partial charge on any atom is -0.355 e. The summed E-state index contributed by atoms with van der Waals surface area (Å²) < 4.78 is 0. The summed E-state index contributed by atoms with van der Waals surface area (Å²) >= 11 is 0. The lowest BCUT2D eigenvalue weighted by Crippen LogP contribution is -2.47. The van der Waals surface area contributed by atoms with E-state index in [1.54, 1.807) is 0 Å². The standard InChI is InChI=1S/C25H29N3O2/c1-25(2,3)24(30)28-13-7-10-19(16-28)23(29)26-20-11-6-9-17(14-20)22-15-18-8-4-5-12-21(18)27-22/h4-6,8-9,11-12,14-15,19,27H,7,10,13,16H2,1-3H3,(H,26,29)/t19-/m1/s1. The van der Waals surface area contributed by atoms with Crippen LogP contribution in [0, 0.1) is 11.3 Å². The number of aromatic amines is 1. The molecule has 2 aromatic carbocycles. The molecule has 0 saturated carbocycles. The fraction of sp³-hybridized carbons (Fsp3) is 0.360. The zero-order chi connectivity index (χ0) is 21.3. The highest BCUT2D eigenvalue weighted by molar-refractivity contribution is 5.94. The molecule has 1 saturated heterocycles. The number of fused-ring (bicyclic) bond motifs is 1. The summed E-state index contributed by atoms with van der Waals surface area (Å²) in [6.45, 7) is 7.00. The molecule has 0 spiro atoms. The highest BCUT2D eigenvalue weighted by atomic mass is 16.2. The summed E-state index contributed by atoms with van der Waals surface area (Å²) in [6.07, 6.45) is 1.66. The van der Waals surface area contributed by atoms with Gasteiger partial charge < -0.3 is 15.2 Å². The van der Waals surface area contributed by atoms with Crippen molar-refractivity contribution in [1.82, 2.24) is 9.88 Å². The summed E-state index contributed by atoms with van der Waals surface area (Å²) in [4.78, 5) is 30.8. The fourth-order valence-corrected chi connectivity index (χ4v) is 4.09. The van der Waals surface area contributed by atoms with Crippen molar-refractivity contribution >= 4 is 28.4 Å². The normalized spacial score (nSPS) is 17.2. The number of piperidine rings is 1. The lowest BCUT2D eigenvalue weighted by atomic mass is 9.91. The van der Waals surface area contributed by atoms with Crippen LogP contribution >= 0.6 is 0 Å². The van der Waals surface area contributed by atoms with Gasteiger partial charge in [-0.25, -0.2) is 0 Å². The molecule has 0 bridgehead atoms. The molecular formula is C25H29N3O2. The van der Waals surface area contributed by atoms with Crippen LogP contribution in [0.4, 0.5) is 5.69 Å². The van der Waals surface area contributed by atoms with Gasteiger partial charge in [-0.1, -0.05) is 51.1 Å². The van der Waals surface area contributed by atoms with Gasteiger partial charge in [0.05, 0.1) is 5.92 Å². The fourth-order valence-electron chi connectivity index (χ4n) is 4.09. The van der Waals surface area contributed by atoms with Gasteiger partial charge in [0, 0.05) is 46.4 Å². The third-order valence-corrected chi connectivity index (χ3v) is 5.69. The van der Waals surface area contributed by atoms with Gasteiger partial charge in [0.25, 0.3) is 0 Å². The van der Waals surface area contributed by atoms with Crippen LogP contribution in [-0.4, -0.2) is 34.8 Å². The molecule has 0 unspecified atom stereocenters. The van der Waals surface area contributed by atoms with E-state index in [0.717, 1.165) is 47.2 Å². The van der Waals surface area contributed by atoms with E-state index >= 15 is 0 Å². The van der Waals surface area contributed by atoms with Crippen LogP contribution in [0.1, 0.15) is 33.6 Å². The Morgan fingerprint density at radius 2 is 1.87 bits per heavy atom. The second kappa shape index (κ2) is 7.98. The van der Waals surface area contributed by atoms with Gasteiger partial charge in [-0.2, -0.15) is 0 Å². The highest BCUT2D eigenvalue weighted by Crippen LogP contribution is 2.27. The maximum atomic E-state index is 12.9. The summed E-state index contributed by atoms with van der Waals surface area (Å²) in [5.41, 5.74) is 3.49. The number of benzene rings is 2. The van der Waals surface area contributed by atoms with Gasteiger partial charge in [-0.3, -0.25) is 9.59 Å². The van der Waals surface area contributed by atoms with E-state index in [1.165, 1.54) is 0 Å². The second-order valence-electron chi connectivity index (χ2n) is 9.18. The molecule has 1 aliphatic rings. The van der Waals surface area contributed by atoms with Crippen LogP contribution < -0.4 is 5.32 Å². The molecule has 156 valence electrons. The van der Waals surface area contributed by atoms with Crippen molar-refractivity contribution in [2.75, 3.05) is 18.4 Å². The summed E-state index contributed by atoms with van der Waals surface area (Å²) in [5.74, 6) is -0.0854. The van der Waals surface area contributed by atoms with Crippen LogP contribution in [0.15, 0.2) is 54.6 Å². The van der Waals surface area contributed by atoms with E-state index in [-0.39, 0.29) is 17.7 Å². The third-order valence-electron chi connectivity index (χ3n) is 5.69. The molecule has 2 amide bonds. The monoisotopic (exact) mass is 403 g/mol. The van der Waals surface area contributed by atoms with Gasteiger partial charge in [0.1, 0.15) is 0 Å². The smallest absolute Gasteiger partial charge is 0.229 e. The molecule has 5 nitrogen and oxygen atoms in total. The summed E-state index contributed by atoms with van der Waals surface area (Å²) in [5, 5.41) is 4.22. The first-order valence-electron chi connectivity index (χ1n) is 10.6. The van der Waals surface area contributed by atoms with E-state index in [2.05, 4.69) is 28.5 Å². The van der Waals surface area contributed by atoms with Crippen LogP contribution in [0.2, 0.25) is 0 Å². The van der Waals surface area contributed by atoms with Crippen LogP contribution in [-0.2, 0) is 9.59 Å². The van der Waals surface area contributed by atoms with Crippen molar-refractivity contribution in [3.05, 3.63) is 54.6 Å². The van der Waals surface area contributed by atoms with Crippen molar-refractivity contribution in [2.24, 2.45) is 11.3 Å². The SMILES string of the molecule is CC(C)(C)C(=O)N1CCC[C@@H](C(=O)Nc2cccc(-c3cc4ccccc4[nH]3)c2)C1. The predicted molar refractivity (Wildman–Crippen MR) is 121 cm³/mol. The second-order valence-corrected chi connectivity index (χ2v) is 9.18. The minimum atomic E-state index is -0.424. The topological polar surface area (TPSA) is 65.2 Å². The molecule has 3 aromatic rings. The van der Waals surface area contributed by atoms with Crippen molar-refractivity contribution in [3.63, 3.8) is 0 Å². The molecule has 1 aliphatic heterocycles. The quantitative estimate of drug-likeness (QED) is 0.642. The maximum absolute atomic E-state index is 12.9. The number of H-pyrrole nitrogens is 1. The Labute approximate surface area is 177 Å². The number of nitrogens with zero attached hydrogens (tertiary/aromatic N) is 1. The first-order valence-corrected chi connectivity index (χ1v) is 10.6. The molecular weight excluding hydrogens is 374 g/mol. The Hall–Kier alpha value is -3.08. The molecule has 0 radical (unpaired) electrons. The van der Waals surface area contributed by atoms with Crippen LogP contribution in [0.25, 0.3) is 22.2 Å². The molecule has 1 aromatic heterocycles. The number of hydrogen-bond donors (Lipinski definition) is 2. The van der Waals surface area contributed by atoms with Gasteiger partial charge in [-0.15, -0.1) is 0 Å². The van der Waals surface area contributed by atoms with E-state index in [1.807, 2.05) is 62.1 Å². The van der Waals surface area contributed by atoms with E-state index in [9.17, 15) is 9.59 Å². The Bertz CT molecular complexity index is 1040. The third kappa shape index (κ3) is 4.25. The first-order chi connectivity index (χ1) is 14.3. The molecule has 5 heteroatoms. The number of para-hydroxylation sites is 1. The van der Waals surface area contributed by atoms with E-state index < -0.39 is 5.41 Å². The summed E-state index contributed by atoms with van der Waals surface area (Å²) in [6, 6.07) is 18.2. The molecule has 1 fully saturated rings. The average Bonchev–Trinajstić information content (AvgIpc) is 3.17. The Kier molecular flexibility index (Phi) is 5.37. The number of carbonyl (C=O) groups excluding carboxylic acids is 2. The van der Waals surface area contributed by atoms with Crippen molar-refractivity contribution in [1.29, 1.82) is 0 Å². The largest absolute Gasteiger partial charge is 0.355 e. The molecule has 1 atom stereocenters. The average molecular weight is 404 g/mol. The Balaban J connectivity index is 1.47. The maximum Gasteiger partial charge on any atom is 0.229 e. The van der Waals surface area contributed by atoms with E-state index in [0.29, 0.717) is 6.54 Å². The van der Waals surface area contributed by atoms with Gasteiger partial charge >= 0.3 is 0 Å². The number of nitrogens with one attached hydrogen (secondary N) is 2. The number of aromatic nitrogens is 1. The number of carbonyl (C=O) groups is 2. The molecule has 2 N–H and O–H groups in total. The Morgan fingerprint density at radius 1 is 1.07 bits per heavy atom. The van der Waals surface area contributed by atoms with Crippen molar-refractivity contribution in [2.45, 2.75) is 33.6 Å². The van der Waals surface area contributed by atoms with Gasteiger partial charge in [0.2, 0.25) is 11.8 Å². The number of anilines is 1. The molecule has 2 heterocycles.